The summed E-state index contributed by atoms with van der Waals surface area (Å²) in [6.45, 7) is 18.8. The summed E-state index contributed by atoms with van der Waals surface area (Å²) in [6.07, 6.45) is 1.05. The molecule has 1 unspecified atom stereocenters. The number of carbonyl (C=O) groups excluding carboxylic acids is 1. The van der Waals surface area contributed by atoms with E-state index in [0.29, 0.717) is 45.9 Å². The minimum Gasteiger partial charge on any atom is -0.497 e. The SMILES string of the molecule is COc1ccc(C(OC[C@H]2O[C@@H](n3cnc4c(/N=C/N(CC(C)C)CC(C)C)nc(OC(=O)N(c5ccccc5)c5ccccc5)nc43)C[C@@H]2OP(OCCC#N)N(C(C)C)C(C)C)(c2ccccc2)c2ccc(OC)cc2)cc1. The summed E-state index contributed by atoms with van der Waals surface area (Å²) in [5, 5.41) is 9.64. The zero-order valence-electron chi connectivity index (χ0n) is 47.5. The molecule has 0 N–H and O–H groups in total. The highest BCUT2D eigenvalue weighted by Gasteiger charge is 2.45. The molecular formula is C62H74N9O8P. The quantitative estimate of drug-likeness (QED) is 0.0165. The number of nitrogens with zero attached hydrogens (tertiary/aromatic N) is 9. The number of benzene rings is 5. The van der Waals surface area contributed by atoms with Crippen molar-refractivity contribution in [3.8, 4) is 23.6 Å². The first kappa shape index (κ1) is 58.8. The van der Waals surface area contributed by atoms with Crippen molar-refractivity contribution >= 4 is 49.3 Å². The number of rotatable bonds is 26. The predicted molar refractivity (Wildman–Crippen MR) is 313 cm³/mol. The van der Waals surface area contributed by atoms with Gasteiger partial charge in [0.05, 0.1) is 70.1 Å². The molecule has 0 spiro atoms. The Morgan fingerprint density at radius 2 is 1.31 bits per heavy atom. The number of fused-ring (bicyclic) bond motifs is 1. The van der Waals surface area contributed by atoms with Crippen LogP contribution < -0.4 is 19.1 Å². The number of anilines is 2. The lowest BCUT2D eigenvalue weighted by Gasteiger charge is -2.39. The Morgan fingerprint density at radius 1 is 0.775 bits per heavy atom. The molecule has 1 amide bonds. The fourth-order valence-electron chi connectivity index (χ4n) is 9.93. The number of nitriles is 1. The van der Waals surface area contributed by atoms with Crippen LogP contribution in [0.1, 0.15) is 91.1 Å². The number of hydrogen-bond donors (Lipinski definition) is 0. The molecular weight excluding hydrogens is 1030 g/mol. The van der Waals surface area contributed by atoms with Crippen molar-refractivity contribution in [3.05, 3.63) is 163 Å². The van der Waals surface area contributed by atoms with Gasteiger partial charge in [-0.15, -0.1) is 0 Å². The molecule has 0 aliphatic carbocycles. The average Bonchev–Trinajstić information content (AvgIpc) is 4.13. The molecule has 0 saturated carbocycles. The summed E-state index contributed by atoms with van der Waals surface area (Å²) in [5.74, 6) is 2.30. The summed E-state index contributed by atoms with van der Waals surface area (Å²) in [6, 6.07) is 46.4. The van der Waals surface area contributed by atoms with Gasteiger partial charge in [0.25, 0.3) is 8.53 Å². The highest BCUT2D eigenvalue weighted by molar-refractivity contribution is 7.44. The molecule has 420 valence electrons. The lowest BCUT2D eigenvalue weighted by atomic mass is 9.80. The molecule has 18 heteroatoms. The number of amides is 1. The molecule has 0 bridgehead atoms. The first-order valence-corrected chi connectivity index (χ1v) is 28.4. The summed E-state index contributed by atoms with van der Waals surface area (Å²) >= 11 is 0. The maximum atomic E-state index is 14.6. The maximum absolute atomic E-state index is 14.6. The van der Waals surface area contributed by atoms with Crippen LogP contribution in [0.3, 0.4) is 0 Å². The second-order valence-electron chi connectivity index (χ2n) is 20.9. The van der Waals surface area contributed by atoms with E-state index < -0.39 is 38.7 Å². The van der Waals surface area contributed by atoms with Gasteiger partial charge in [0.2, 0.25) is 0 Å². The van der Waals surface area contributed by atoms with Crippen LogP contribution in [0.2, 0.25) is 0 Å². The summed E-state index contributed by atoms with van der Waals surface area (Å²) < 4.78 is 50.0. The molecule has 17 nitrogen and oxygen atoms in total. The molecule has 1 fully saturated rings. The number of aliphatic imine (C=N–C) groups is 1. The lowest BCUT2D eigenvalue weighted by Crippen LogP contribution is -2.39. The van der Waals surface area contributed by atoms with Gasteiger partial charge in [0.15, 0.2) is 17.0 Å². The molecule has 8 rings (SSSR count). The van der Waals surface area contributed by atoms with Crippen LogP contribution in [0.5, 0.6) is 17.5 Å². The van der Waals surface area contributed by atoms with Crippen LogP contribution in [0.4, 0.5) is 22.0 Å². The summed E-state index contributed by atoms with van der Waals surface area (Å²) in [7, 11) is 1.53. The molecule has 1 aliphatic rings. The second-order valence-corrected chi connectivity index (χ2v) is 22.3. The van der Waals surface area contributed by atoms with Gasteiger partial charge in [-0.25, -0.2) is 24.3 Å². The minimum absolute atomic E-state index is 0.0230. The van der Waals surface area contributed by atoms with E-state index in [9.17, 15) is 10.1 Å². The Kier molecular flexibility index (Phi) is 20.4. The van der Waals surface area contributed by atoms with E-state index in [2.05, 4.69) is 83.2 Å². The van der Waals surface area contributed by atoms with Crippen molar-refractivity contribution in [1.82, 2.24) is 29.1 Å². The second kappa shape index (κ2) is 27.7. The van der Waals surface area contributed by atoms with Crippen molar-refractivity contribution in [1.29, 1.82) is 5.26 Å². The Hall–Kier alpha value is -7.29. The van der Waals surface area contributed by atoms with E-state index in [4.69, 9.17) is 52.7 Å². The van der Waals surface area contributed by atoms with Crippen molar-refractivity contribution < 1.29 is 37.5 Å². The molecule has 80 heavy (non-hydrogen) atoms. The predicted octanol–water partition coefficient (Wildman–Crippen LogP) is 13.4. The Labute approximate surface area is 472 Å². The zero-order chi connectivity index (χ0) is 56.8. The van der Waals surface area contributed by atoms with E-state index in [1.54, 1.807) is 26.9 Å². The van der Waals surface area contributed by atoms with E-state index >= 15 is 0 Å². The van der Waals surface area contributed by atoms with Crippen molar-refractivity contribution in [2.75, 3.05) is 45.4 Å². The van der Waals surface area contributed by atoms with E-state index in [-0.39, 0.29) is 50.0 Å². The topological polar surface area (TPSA) is 171 Å². The number of para-hydroxylation sites is 2. The van der Waals surface area contributed by atoms with Gasteiger partial charge in [-0.2, -0.15) is 15.2 Å². The summed E-state index contributed by atoms with van der Waals surface area (Å²) in [4.78, 5) is 37.8. The minimum atomic E-state index is -1.75. The van der Waals surface area contributed by atoms with Gasteiger partial charge < -0.3 is 37.6 Å². The standard InChI is InChI=1S/C62H74N9O8P/c1-43(2)38-68(39-44(3)4)41-65-58-57-59(67-60(66-58)78-61(72)70(50-23-16-12-17-24-50)51-25-18-13-19-26-51)69(42-64-57)56-37-54(79-80(76-36-20-35-63)71(45(5)6)46(7)8)55(77-56)40-75-62(47-21-14-11-15-22-47,48-27-31-52(73-9)32-28-48)49-29-33-53(74-10)34-30-49/h11-19,21-34,41-46,54-56H,20,36-40H2,1-10H3/b65-41+/t54-,55+,56+,80?/m0/s1. The zero-order valence-corrected chi connectivity index (χ0v) is 48.4. The first-order valence-electron chi connectivity index (χ1n) is 27.3. The van der Waals surface area contributed by atoms with E-state index in [0.717, 1.165) is 29.8 Å². The Balaban J connectivity index is 1.25. The highest BCUT2D eigenvalue weighted by atomic mass is 31.2. The largest absolute Gasteiger partial charge is 0.497 e. The molecule has 3 heterocycles. The van der Waals surface area contributed by atoms with Crippen LogP contribution in [0, 0.1) is 23.2 Å². The third-order valence-electron chi connectivity index (χ3n) is 13.3. The van der Waals surface area contributed by atoms with E-state index in [1.807, 2.05) is 132 Å². The Morgan fingerprint density at radius 3 is 1.82 bits per heavy atom. The van der Waals surface area contributed by atoms with Crippen molar-refractivity contribution in [3.63, 3.8) is 0 Å². The number of imidazole rings is 1. The fourth-order valence-corrected chi connectivity index (χ4v) is 11.7. The fraction of sp³-hybridized carbons (Fsp3) is 0.387. The van der Waals surface area contributed by atoms with Crippen LogP contribution in [-0.4, -0.2) is 106 Å². The van der Waals surface area contributed by atoms with Gasteiger partial charge in [-0.3, -0.25) is 4.57 Å². The number of hydrogen-bond acceptors (Lipinski definition) is 14. The third kappa shape index (κ3) is 14.2. The van der Waals surface area contributed by atoms with Crippen LogP contribution in [0.15, 0.2) is 151 Å². The first-order chi connectivity index (χ1) is 38.7. The number of carbonyl (C=O) groups is 1. The van der Waals surface area contributed by atoms with Gasteiger partial charge >= 0.3 is 12.1 Å². The third-order valence-corrected chi connectivity index (χ3v) is 15.5. The average molecular weight is 1100 g/mol. The summed E-state index contributed by atoms with van der Waals surface area (Å²) in [5.41, 5.74) is 3.25. The van der Waals surface area contributed by atoms with Gasteiger partial charge in [0.1, 0.15) is 29.4 Å². The van der Waals surface area contributed by atoms with Gasteiger partial charge in [-0.1, -0.05) is 119 Å². The van der Waals surface area contributed by atoms with Crippen molar-refractivity contribution in [2.24, 2.45) is 16.8 Å². The molecule has 1 saturated heterocycles. The molecule has 2 aromatic heterocycles. The number of aromatic nitrogens is 4. The molecule has 1 aliphatic heterocycles. The molecule has 4 atom stereocenters. The molecule has 0 radical (unpaired) electrons. The maximum Gasteiger partial charge on any atom is 0.426 e. The number of ether oxygens (including phenoxy) is 5. The molecule has 5 aromatic carbocycles. The Bertz CT molecular complexity index is 3020. The van der Waals surface area contributed by atoms with Gasteiger partial charge in [-0.05, 0) is 105 Å². The van der Waals surface area contributed by atoms with Crippen LogP contribution in [0.25, 0.3) is 11.2 Å². The van der Waals surface area contributed by atoms with Crippen LogP contribution in [-0.2, 0) is 24.1 Å². The normalized spacial score (nSPS) is 16.1. The van der Waals surface area contributed by atoms with Crippen molar-refractivity contribution in [2.45, 2.75) is 104 Å². The molecule has 7 aromatic rings. The highest BCUT2D eigenvalue weighted by Crippen LogP contribution is 2.51. The number of methoxy groups -OCH3 is 2. The monoisotopic (exact) mass is 1100 g/mol. The smallest absolute Gasteiger partial charge is 0.426 e. The van der Waals surface area contributed by atoms with Crippen LogP contribution >= 0.6 is 8.53 Å². The van der Waals surface area contributed by atoms with Gasteiger partial charge in [0, 0.05) is 31.6 Å². The van der Waals surface area contributed by atoms with E-state index in [1.165, 1.54) is 4.90 Å². The lowest BCUT2D eigenvalue weighted by molar-refractivity contribution is -0.0912.